The lowest BCUT2D eigenvalue weighted by Crippen LogP contribution is -2.28. The molecule has 0 unspecified atom stereocenters. The van der Waals surface area contributed by atoms with Gasteiger partial charge in [-0.25, -0.2) is 0 Å². The second-order valence-electron chi connectivity index (χ2n) is 5.01. The van der Waals surface area contributed by atoms with Crippen LogP contribution in [0.15, 0.2) is 54.6 Å². The van der Waals surface area contributed by atoms with Gasteiger partial charge in [-0.3, -0.25) is 4.79 Å². The zero-order valence-electron chi connectivity index (χ0n) is 12.9. The van der Waals surface area contributed by atoms with E-state index in [1.165, 1.54) is 5.56 Å². The topological polar surface area (TPSA) is 38.3 Å². The first-order valence-corrected chi connectivity index (χ1v) is 8.40. The van der Waals surface area contributed by atoms with Crippen LogP contribution in [0.4, 0.5) is 0 Å². The van der Waals surface area contributed by atoms with Gasteiger partial charge in [0.05, 0.1) is 18.9 Å². The second-order valence-corrected chi connectivity index (χ2v) is 6.00. The fourth-order valence-electron chi connectivity index (χ4n) is 2.22. The Hall–Kier alpha value is -1.94. The van der Waals surface area contributed by atoms with Crippen molar-refractivity contribution >= 4 is 17.7 Å². The largest absolute Gasteiger partial charge is 0.496 e. The summed E-state index contributed by atoms with van der Waals surface area (Å²) in [5, 5.41) is 3.02. The van der Waals surface area contributed by atoms with Crippen LogP contribution in [-0.2, 0) is 10.5 Å². The van der Waals surface area contributed by atoms with Crippen LogP contribution in [0, 0.1) is 0 Å². The first-order chi connectivity index (χ1) is 10.7. The quantitative estimate of drug-likeness (QED) is 0.844. The number of nitrogens with one attached hydrogen (secondary N) is 1. The van der Waals surface area contributed by atoms with Crippen LogP contribution in [0.1, 0.15) is 24.1 Å². The molecular weight excluding hydrogens is 294 g/mol. The van der Waals surface area contributed by atoms with Crippen LogP contribution in [0.2, 0.25) is 0 Å². The van der Waals surface area contributed by atoms with Crippen molar-refractivity contribution in [3.63, 3.8) is 0 Å². The third-order valence-corrected chi connectivity index (χ3v) is 4.33. The lowest BCUT2D eigenvalue weighted by molar-refractivity contribution is -0.119. The van der Waals surface area contributed by atoms with E-state index in [0.717, 1.165) is 17.1 Å². The van der Waals surface area contributed by atoms with Gasteiger partial charge in [0.2, 0.25) is 5.91 Å². The molecule has 1 amide bonds. The van der Waals surface area contributed by atoms with Gasteiger partial charge in [0.25, 0.3) is 0 Å². The van der Waals surface area contributed by atoms with E-state index in [-0.39, 0.29) is 11.9 Å². The molecule has 3 nitrogen and oxygen atoms in total. The van der Waals surface area contributed by atoms with E-state index in [9.17, 15) is 4.79 Å². The Balaban J connectivity index is 1.81. The highest BCUT2D eigenvalue weighted by Gasteiger charge is 2.13. The summed E-state index contributed by atoms with van der Waals surface area (Å²) >= 11 is 1.62. The highest BCUT2D eigenvalue weighted by molar-refractivity contribution is 7.99. The molecule has 0 heterocycles. The molecule has 0 aliphatic carbocycles. The molecule has 22 heavy (non-hydrogen) atoms. The average Bonchev–Trinajstić information content (AvgIpc) is 2.55. The summed E-state index contributed by atoms with van der Waals surface area (Å²) in [6, 6.07) is 17.8. The number of thioether (sulfide) groups is 1. The summed E-state index contributed by atoms with van der Waals surface area (Å²) < 4.78 is 5.33. The van der Waals surface area contributed by atoms with Gasteiger partial charge in [-0.2, -0.15) is 0 Å². The van der Waals surface area contributed by atoms with Gasteiger partial charge in [0.15, 0.2) is 0 Å². The number of amides is 1. The zero-order chi connectivity index (χ0) is 15.8. The van der Waals surface area contributed by atoms with Gasteiger partial charge in [-0.1, -0.05) is 48.5 Å². The average molecular weight is 315 g/mol. The molecule has 0 aromatic heterocycles. The van der Waals surface area contributed by atoms with Gasteiger partial charge >= 0.3 is 0 Å². The first-order valence-electron chi connectivity index (χ1n) is 7.24. The number of hydrogen-bond donors (Lipinski definition) is 1. The molecule has 2 rings (SSSR count). The van der Waals surface area contributed by atoms with Gasteiger partial charge in [0.1, 0.15) is 5.75 Å². The summed E-state index contributed by atoms with van der Waals surface area (Å²) in [6.07, 6.45) is 0. The van der Waals surface area contributed by atoms with Gasteiger partial charge in [0, 0.05) is 11.3 Å². The standard InChI is InChI=1S/C18H21NO2S/c1-14(16-10-6-7-11-17(16)21-2)19-18(20)13-22-12-15-8-4-3-5-9-15/h3-11,14H,12-13H2,1-2H3,(H,19,20)/t14-/m1/s1. The lowest BCUT2D eigenvalue weighted by Gasteiger charge is -2.17. The SMILES string of the molecule is COc1ccccc1[C@@H](C)NC(=O)CSCc1ccccc1. The summed E-state index contributed by atoms with van der Waals surface area (Å²) in [5.41, 5.74) is 2.23. The normalized spacial score (nSPS) is 11.7. The molecular formula is C18H21NO2S. The number of methoxy groups -OCH3 is 1. The van der Waals surface area contributed by atoms with Crippen molar-refractivity contribution in [2.24, 2.45) is 0 Å². The molecule has 4 heteroatoms. The predicted octanol–water partition coefficient (Wildman–Crippen LogP) is 3.81. The first kappa shape index (κ1) is 16.4. The molecule has 0 radical (unpaired) electrons. The van der Waals surface area contributed by atoms with Gasteiger partial charge < -0.3 is 10.1 Å². The number of carbonyl (C=O) groups excluding carboxylic acids is 1. The smallest absolute Gasteiger partial charge is 0.230 e. The Morgan fingerprint density at radius 3 is 2.55 bits per heavy atom. The summed E-state index contributed by atoms with van der Waals surface area (Å²) in [5.74, 6) is 2.14. The van der Waals surface area contributed by atoms with E-state index in [4.69, 9.17) is 4.74 Å². The van der Waals surface area contributed by atoms with Crippen LogP contribution in [0.5, 0.6) is 5.75 Å². The van der Waals surface area contributed by atoms with Crippen LogP contribution in [0.25, 0.3) is 0 Å². The Labute approximate surface area is 136 Å². The Morgan fingerprint density at radius 1 is 1.14 bits per heavy atom. The van der Waals surface area contributed by atoms with E-state index < -0.39 is 0 Å². The Kier molecular flexibility index (Phi) is 6.34. The molecule has 0 saturated heterocycles. The third kappa shape index (κ3) is 4.81. The minimum absolute atomic E-state index is 0.0411. The second kappa shape index (κ2) is 8.49. The molecule has 116 valence electrons. The van der Waals surface area contributed by atoms with Crippen molar-refractivity contribution in [1.29, 1.82) is 0 Å². The van der Waals surface area contributed by atoms with Crippen LogP contribution >= 0.6 is 11.8 Å². The van der Waals surface area contributed by atoms with Crippen LogP contribution < -0.4 is 10.1 Å². The molecule has 0 fully saturated rings. The van der Waals surface area contributed by atoms with Crippen LogP contribution in [0.3, 0.4) is 0 Å². The van der Waals surface area contributed by atoms with Gasteiger partial charge in [-0.05, 0) is 18.6 Å². The maximum absolute atomic E-state index is 12.0. The Morgan fingerprint density at radius 2 is 1.82 bits per heavy atom. The van der Waals surface area contributed by atoms with Crippen LogP contribution in [-0.4, -0.2) is 18.8 Å². The number of hydrogen-bond acceptors (Lipinski definition) is 3. The fourth-order valence-corrected chi connectivity index (χ4v) is 3.02. The Bertz CT molecular complexity index is 601. The van der Waals surface area contributed by atoms with E-state index in [1.807, 2.05) is 49.4 Å². The molecule has 1 N–H and O–H groups in total. The summed E-state index contributed by atoms with van der Waals surface area (Å²) in [4.78, 5) is 12.0. The van der Waals surface area contributed by atoms with Crippen molar-refractivity contribution < 1.29 is 9.53 Å². The molecule has 0 spiro atoms. The molecule has 1 atom stereocenters. The lowest BCUT2D eigenvalue weighted by atomic mass is 10.1. The van der Waals surface area contributed by atoms with Gasteiger partial charge in [-0.15, -0.1) is 11.8 Å². The van der Waals surface area contributed by atoms with Crippen molar-refractivity contribution in [2.45, 2.75) is 18.7 Å². The van der Waals surface area contributed by atoms with E-state index in [1.54, 1.807) is 18.9 Å². The minimum Gasteiger partial charge on any atom is -0.496 e. The monoisotopic (exact) mass is 315 g/mol. The number of para-hydroxylation sites is 1. The molecule has 0 aliphatic heterocycles. The number of carbonyl (C=O) groups is 1. The maximum Gasteiger partial charge on any atom is 0.230 e. The molecule has 2 aromatic rings. The van der Waals surface area contributed by atoms with Crippen molar-refractivity contribution in [1.82, 2.24) is 5.32 Å². The van der Waals surface area contributed by atoms with E-state index >= 15 is 0 Å². The number of benzene rings is 2. The molecule has 0 saturated carbocycles. The number of rotatable bonds is 7. The molecule has 0 aliphatic rings. The summed E-state index contributed by atoms with van der Waals surface area (Å²) in [6.45, 7) is 1.97. The maximum atomic E-state index is 12.0. The molecule has 0 bridgehead atoms. The molecule has 2 aromatic carbocycles. The zero-order valence-corrected chi connectivity index (χ0v) is 13.7. The predicted molar refractivity (Wildman–Crippen MR) is 92.2 cm³/mol. The van der Waals surface area contributed by atoms with Crippen molar-refractivity contribution in [3.05, 3.63) is 65.7 Å². The third-order valence-electron chi connectivity index (χ3n) is 3.33. The highest BCUT2D eigenvalue weighted by atomic mass is 32.2. The summed E-state index contributed by atoms with van der Waals surface area (Å²) in [7, 11) is 1.64. The number of ether oxygens (including phenoxy) is 1. The minimum atomic E-state index is -0.0685. The van der Waals surface area contributed by atoms with E-state index in [2.05, 4.69) is 17.4 Å². The highest BCUT2D eigenvalue weighted by Crippen LogP contribution is 2.24. The van der Waals surface area contributed by atoms with Crippen molar-refractivity contribution in [2.75, 3.05) is 12.9 Å². The van der Waals surface area contributed by atoms with Crippen molar-refractivity contribution in [3.8, 4) is 5.75 Å². The fraction of sp³-hybridized carbons (Fsp3) is 0.278. The van der Waals surface area contributed by atoms with E-state index in [0.29, 0.717) is 5.75 Å².